The first-order chi connectivity index (χ1) is 5.00. The average Bonchev–Trinajstić information content (AvgIpc) is 1.88. The minimum atomic E-state index is -1.10. The molecular formula is C6H11Br2NO2. The first kappa shape index (κ1) is 11.4. The minimum Gasteiger partial charge on any atom is -0.262 e. The largest absolute Gasteiger partial charge is 0.326 e. The summed E-state index contributed by atoms with van der Waals surface area (Å²) in [5.41, 5.74) is 0. The molecule has 0 radical (unpaired) electrons. The summed E-state index contributed by atoms with van der Waals surface area (Å²) in [6.07, 6.45) is 3.50. The number of nitro groups is 1. The van der Waals surface area contributed by atoms with Crippen molar-refractivity contribution in [1.29, 1.82) is 0 Å². The molecule has 0 aromatic heterocycles. The summed E-state index contributed by atoms with van der Waals surface area (Å²) >= 11 is 5.99. The van der Waals surface area contributed by atoms with Crippen LogP contribution in [-0.2, 0) is 0 Å². The Morgan fingerprint density at radius 3 is 2.36 bits per heavy atom. The van der Waals surface area contributed by atoms with E-state index in [0.29, 0.717) is 6.42 Å². The zero-order valence-corrected chi connectivity index (χ0v) is 9.52. The molecule has 5 heteroatoms. The van der Waals surface area contributed by atoms with Crippen LogP contribution in [0.3, 0.4) is 0 Å². The van der Waals surface area contributed by atoms with Gasteiger partial charge in [-0.05, 0) is 6.42 Å². The van der Waals surface area contributed by atoms with E-state index in [1.807, 2.05) is 0 Å². The maximum Gasteiger partial charge on any atom is 0.326 e. The minimum absolute atomic E-state index is 0.358. The van der Waals surface area contributed by atoms with Crippen LogP contribution in [-0.4, -0.2) is 8.28 Å². The smallest absolute Gasteiger partial charge is 0.262 e. The number of rotatable bonds is 5. The van der Waals surface area contributed by atoms with E-state index in [0.717, 1.165) is 19.3 Å². The molecule has 0 saturated carbocycles. The fourth-order valence-corrected chi connectivity index (χ4v) is 1.24. The van der Waals surface area contributed by atoms with Gasteiger partial charge < -0.3 is 0 Å². The molecule has 0 spiro atoms. The molecule has 0 aliphatic carbocycles. The fraction of sp³-hybridized carbons (Fsp3) is 1.00. The highest BCUT2D eigenvalue weighted by atomic mass is 79.9. The summed E-state index contributed by atoms with van der Waals surface area (Å²) in [7, 11) is 0. The van der Waals surface area contributed by atoms with Crippen LogP contribution in [0.4, 0.5) is 0 Å². The number of halogens is 2. The van der Waals surface area contributed by atoms with Gasteiger partial charge in [0.25, 0.3) is 0 Å². The summed E-state index contributed by atoms with van der Waals surface area (Å²) in [5.74, 6) is 0. The maximum atomic E-state index is 10.3. The first-order valence-electron chi connectivity index (χ1n) is 3.53. The Morgan fingerprint density at radius 1 is 1.45 bits per heavy atom. The Bertz CT molecular complexity index is 139. The molecule has 11 heavy (non-hydrogen) atoms. The molecule has 0 unspecified atom stereocenters. The molecule has 0 saturated heterocycles. The van der Waals surface area contributed by atoms with Gasteiger partial charge in [0.15, 0.2) is 0 Å². The highest BCUT2D eigenvalue weighted by Gasteiger charge is 2.34. The second-order valence-corrected chi connectivity index (χ2v) is 6.07. The van der Waals surface area contributed by atoms with Gasteiger partial charge >= 0.3 is 3.36 Å². The molecule has 66 valence electrons. The molecule has 0 fully saturated rings. The van der Waals surface area contributed by atoms with Crippen molar-refractivity contribution in [3.8, 4) is 0 Å². The fourth-order valence-electron chi connectivity index (χ4n) is 0.679. The Morgan fingerprint density at radius 2 is 2.00 bits per heavy atom. The molecule has 0 heterocycles. The predicted octanol–water partition coefficient (Wildman–Crippen LogP) is 3.29. The van der Waals surface area contributed by atoms with Crippen LogP contribution in [0.1, 0.15) is 32.6 Å². The second kappa shape index (κ2) is 5.09. The van der Waals surface area contributed by atoms with Crippen molar-refractivity contribution in [1.82, 2.24) is 0 Å². The van der Waals surface area contributed by atoms with E-state index in [2.05, 4.69) is 38.8 Å². The lowest BCUT2D eigenvalue weighted by molar-refractivity contribution is -0.505. The lowest BCUT2D eigenvalue weighted by Gasteiger charge is -2.09. The van der Waals surface area contributed by atoms with Crippen molar-refractivity contribution in [2.45, 2.75) is 36.0 Å². The predicted molar refractivity (Wildman–Crippen MR) is 51.7 cm³/mol. The van der Waals surface area contributed by atoms with Gasteiger partial charge in [0.2, 0.25) is 0 Å². The van der Waals surface area contributed by atoms with Crippen molar-refractivity contribution >= 4 is 31.9 Å². The molecular weight excluding hydrogens is 278 g/mol. The lowest BCUT2D eigenvalue weighted by Crippen LogP contribution is -2.22. The third-order valence-electron chi connectivity index (χ3n) is 1.35. The lowest BCUT2D eigenvalue weighted by atomic mass is 10.2. The van der Waals surface area contributed by atoms with Gasteiger partial charge in [-0.25, -0.2) is 0 Å². The molecule has 0 amide bonds. The molecule has 0 aromatic rings. The first-order valence-corrected chi connectivity index (χ1v) is 5.11. The van der Waals surface area contributed by atoms with Crippen LogP contribution in [0.5, 0.6) is 0 Å². The molecule has 0 N–H and O–H groups in total. The molecule has 0 atom stereocenters. The van der Waals surface area contributed by atoms with Crippen LogP contribution in [0.15, 0.2) is 0 Å². The third kappa shape index (κ3) is 4.74. The van der Waals surface area contributed by atoms with Gasteiger partial charge in [0.1, 0.15) is 0 Å². The zero-order valence-electron chi connectivity index (χ0n) is 6.35. The molecule has 0 aliphatic rings. The van der Waals surface area contributed by atoms with Crippen LogP contribution in [0.2, 0.25) is 0 Å². The van der Waals surface area contributed by atoms with Crippen LogP contribution < -0.4 is 0 Å². The highest BCUT2D eigenvalue weighted by molar-refractivity contribution is 9.25. The topological polar surface area (TPSA) is 43.1 Å². The number of unbranched alkanes of at least 4 members (excludes halogenated alkanes) is 2. The molecule has 0 bridgehead atoms. The standard InChI is InChI=1S/C6H11Br2NO2/c1-2-3-4-5-6(7,8)9(10)11/h2-5H2,1H3. The third-order valence-corrected chi connectivity index (χ3v) is 2.72. The van der Waals surface area contributed by atoms with E-state index >= 15 is 0 Å². The number of hydrogen-bond donors (Lipinski definition) is 0. The Labute approximate surface area is 83.0 Å². The van der Waals surface area contributed by atoms with E-state index in [-0.39, 0.29) is 4.92 Å². The van der Waals surface area contributed by atoms with Gasteiger partial charge in [0.05, 0.1) is 0 Å². The van der Waals surface area contributed by atoms with Crippen LogP contribution >= 0.6 is 31.9 Å². The van der Waals surface area contributed by atoms with E-state index < -0.39 is 3.36 Å². The molecule has 0 aromatic carbocycles. The normalized spacial score (nSPS) is 11.5. The summed E-state index contributed by atoms with van der Waals surface area (Å²) in [6, 6.07) is 0. The number of hydrogen-bond acceptors (Lipinski definition) is 2. The highest BCUT2D eigenvalue weighted by Crippen LogP contribution is 2.32. The van der Waals surface area contributed by atoms with Gasteiger partial charge in [-0.1, -0.05) is 19.8 Å². The van der Waals surface area contributed by atoms with Crippen molar-refractivity contribution in [3.05, 3.63) is 10.1 Å². The Kier molecular flexibility index (Phi) is 5.25. The molecule has 3 nitrogen and oxygen atoms in total. The summed E-state index contributed by atoms with van der Waals surface area (Å²) in [5, 5.41) is 10.3. The van der Waals surface area contributed by atoms with E-state index in [9.17, 15) is 10.1 Å². The van der Waals surface area contributed by atoms with E-state index in [1.165, 1.54) is 0 Å². The summed E-state index contributed by atoms with van der Waals surface area (Å²) in [6.45, 7) is 2.07. The van der Waals surface area contributed by atoms with Gasteiger partial charge in [-0.2, -0.15) is 0 Å². The average molecular weight is 289 g/mol. The zero-order chi connectivity index (χ0) is 8.91. The number of alkyl halides is 2. The van der Waals surface area contributed by atoms with Gasteiger partial charge in [-0.15, -0.1) is 0 Å². The SMILES string of the molecule is CCCCCC(Br)(Br)[N+](=O)[O-]. The molecule has 0 aliphatic heterocycles. The van der Waals surface area contributed by atoms with Crippen LogP contribution in [0, 0.1) is 10.1 Å². The summed E-state index contributed by atoms with van der Waals surface area (Å²) < 4.78 is -1.10. The van der Waals surface area contributed by atoms with Gasteiger partial charge in [-0.3, -0.25) is 10.1 Å². The Balaban J connectivity index is 3.64. The monoisotopic (exact) mass is 287 g/mol. The number of nitrogens with zero attached hydrogens (tertiary/aromatic N) is 1. The van der Waals surface area contributed by atoms with Crippen molar-refractivity contribution in [2.75, 3.05) is 0 Å². The quantitative estimate of drug-likeness (QED) is 0.256. The maximum absolute atomic E-state index is 10.3. The second-order valence-electron chi connectivity index (χ2n) is 2.38. The van der Waals surface area contributed by atoms with Crippen molar-refractivity contribution < 1.29 is 4.92 Å². The van der Waals surface area contributed by atoms with E-state index in [4.69, 9.17) is 0 Å². The summed E-state index contributed by atoms with van der Waals surface area (Å²) in [4.78, 5) is 9.97. The van der Waals surface area contributed by atoms with Crippen LogP contribution in [0.25, 0.3) is 0 Å². The van der Waals surface area contributed by atoms with Gasteiger partial charge in [0, 0.05) is 43.2 Å². The Hall–Kier alpha value is 0.360. The van der Waals surface area contributed by atoms with E-state index in [1.54, 1.807) is 0 Å². The van der Waals surface area contributed by atoms with Crippen molar-refractivity contribution in [2.24, 2.45) is 0 Å². The molecule has 0 rings (SSSR count). The van der Waals surface area contributed by atoms with Crippen molar-refractivity contribution in [3.63, 3.8) is 0 Å².